The summed E-state index contributed by atoms with van der Waals surface area (Å²) in [7, 11) is 0. The summed E-state index contributed by atoms with van der Waals surface area (Å²) < 4.78 is 106. The van der Waals surface area contributed by atoms with Gasteiger partial charge in [0.2, 0.25) is 0 Å². The Morgan fingerprint density at radius 1 is 0.889 bits per heavy atom. The number of hydrogen-bond acceptors (Lipinski definition) is 3. The van der Waals surface area contributed by atoms with Crippen molar-refractivity contribution < 1.29 is 40.2 Å². The maximum atomic E-state index is 14.3. The molecule has 0 aliphatic carbocycles. The second kappa shape index (κ2) is 8.46. The molecular weight excluding hydrogens is 412 g/mol. The summed E-state index contributed by atoms with van der Waals surface area (Å²) >= 11 is 0. The van der Waals surface area contributed by atoms with Gasteiger partial charge < -0.3 is 10.4 Å². The topological polar surface area (TPSA) is 35.5 Å². The Bertz CT molecular complexity index is 597. The number of rotatable bonds is 4. The summed E-state index contributed by atoms with van der Waals surface area (Å²) in [5.74, 6) is -3.93. The van der Waals surface area contributed by atoms with E-state index < -0.39 is 47.6 Å². The quantitative estimate of drug-likeness (QED) is 0.718. The Balaban J connectivity index is 0.00000364. The lowest BCUT2D eigenvalue weighted by Gasteiger charge is -2.39. The summed E-state index contributed by atoms with van der Waals surface area (Å²) in [6.07, 6.45) is -10.3. The van der Waals surface area contributed by atoms with E-state index in [0.717, 1.165) is 4.90 Å². The zero-order valence-corrected chi connectivity index (χ0v) is 14.5. The molecule has 1 fully saturated rings. The normalized spacial score (nSPS) is 18.1. The number of nitrogens with one attached hydrogen (secondary N) is 1. The Labute approximate surface area is 155 Å². The summed E-state index contributed by atoms with van der Waals surface area (Å²) in [6.45, 7) is -1.26. The molecule has 3 nitrogen and oxygen atoms in total. The van der Waals surface area contributed by atoms with E-state index >= 15 is 0 Å². The number of alkyl halides is 8. The maximum Gasteiger partial charge on any atom is 0.416 e. The predicted molar refractivity (Wildman–Crippen MR) is 82.9 cm³/mol. The van der Waals surface area contributed by atoms with Gasteiger partial charge in [0.15, 0.2) is 0 Å². The van der Waals surface area contributed by atoms with E-state index in [1.54, 1.807) is 0 Å². The first-order valence-corrected chi connectivity index (χ1v) is 7.59. The molecule has 1 aromatic rings. The summed E-state index contributed by atoms with van der Waals surface area (Å²) in [5, 5.41) is 11.8. The second-order valence-electron chi connectivity index (χ2n) is 5.95. The van der Waals surface area contributed by atoms with Crippen molar-refractivity contribution >= 4 is 12.4 Å². The summed E-state index contributed by atoms with van der Waals surface area (Å²) in [6, 6.07) is -1.66. The van der Waals surface area contributed by atoms with Crippen LogP contribution >= 0.6 is 12.4 Å². The van der Waals surface area contributed by atoms with E-state index in [2.05, 4.69) is 5.32 Å². The fraction of sp³-hybridized carbons (Fsp3) is 0.600. The lowest BCUT2D eigenvalue weighted by molar-refractivity contribution is -0.144. The Morgan fingerprint density at radius 3 is 1.70 bits per heavy atom. The van der Waals surface area contributed by atoms with Crippen molar-refractivity contribution in [2.24, 2.45) is 0 Å². The van der Waals surface area contributed by atoms with Gasteiger partial charge in [0, 0.05) is 26.2 Å². The van der Waals surface area contributed by atoms with Crippen LogP contribution in [0.25, 0.3) is 0 Å². The van der Waals surface area contributed by atoms with E-state index in [1.807, 2.05) is 0 Å². The van der Waals surface area contributed by atoms with Crippen LogP contribution < -0.4 is 5.32 Å². The van der Waals surface area contributed by atoms with Crippen LogP contribution in [0.1, 0.15) is 22.7 Å². The van der Waals surface area contributed by atoms with Gasteiger partial charge in [-0.25, -0.2) is 8.78 Å². The van der Waals surface area contributed by atoms with Gasteiger partial charge in [-0.05, 0) is 23.8 Å². The highest BCUT2D eigenvalue weighted by Crippen LogP contribution is 2.42. The molecule has 1 atom stereocenters. The SMILES string of the molecule is Cl.OCC(F)(F)[C@@H](c1cc(C(F)(F)F)cc(C(F)(F)F)c1)N1CCNCC1. The minimum absolute atomic E-state index is 0. The van der Waals surface area contributed by atoms with Crippen LogP contribution in [-0.4, -0.2) is 48.7 Å². The Kier molecular flexibility index (Phi) is 7.48. The molecule has 2 rings (SSSR count). The molecule has 0 bridgehead atoms. The first-order valence-electron chi connectivity index (χ1n) is 7.59. The maximum absolute atomic E-state index is 14.3. The Morgan fingerprint density at radius 2 is 1.33 bits per heavy atom. The molecular formula is C15H17ClF8N2O. The van der Waals surface area contributed by atoms with Crippen molar-refractivity contribution in [2.75, 3.05) is 32.8 Å². The molecule has 1 heterocycles. The van der Waals surface area contributed by atoms with Crippen LogP contribution in [0.15, 0.2) is 18.2 Å². The second-order valence-corrected chi connectivity index (χ2v) is 5.95. The van der Waals surface area contributed by atoms with Gasteiger partial charge in [-0.1, -0.05) is 0 Å². The van der Waals surface area contributed by atoms with E-state index in [4.69, 9.17) is 5.11 Å². The lowest BCUT2D eigenvalue weighted by atomic mass is 9.94. The molecule has 27 heavy (non-hydrogen) atoms. The number of hydrogen-bond donors (Lipinski definition) is 2. The molecule has 156 valence electrons. The fourth-order valence-corrected chi connectivity index (χ4v) is 2.89. The molecule has 1 aliphatic rings. The van der Waals surface area contributed by atoms with E-state index in [1.165, 1.54) is 0 Å². The van der Waals surface area contributed by atoms with Crippen LogP contribution in [0.2, 0.25) is 0 Å². The molecule has 12 heteroatoms. The van der Waals surface area contributed by atoms with Crippen molar-refractivity contribution in [1.82, 2.24) is 10.2 Å². The molecule has 0 unspecified atom stereocenters. The molecule has 2 N–H and O–H groups in total. The average Bonchev–Trinajstić information content (AvgIpc) is 2.54. The van der Waals surface area contributed by atoms with Gasteiger partial charge in [-0.15, -0.1) is 12.4 Å². The predicted octanol–water partition coefficient (Wildman–Crippen LogP) is 3.72. The van der Waals surface area contributed by atoms with Crippen LogP contribution in [0.4, 0.5) is 35.1 Å². The molecule has 0 amide bonds. The monoisotopic (exact) mass is 428 g/mol. The van der Waals surface area contributed by atoms with Crippen molar-refractivity contribution in [2.45, 2.75) is 24.3 Å². The number of benzene rings is 1. The largest absolute Gasteiger partial charge is 0.416 e. The van der Waals surface area contributed by atoms with Gasteiger partial charge in [0.1, 0.15) is 12.6 Å². The van der Waals surface area contributed by atoms with Crippen molar-refractivity contribution in [1.29, 1.82) is 0 Å². The number of aliphatic hydroxyl groups excluding tert-OH is 1. The lowest BCUT2D eigenvalue weighted by Crippen LogP contribution is -2.51. The van der Waals surface area contributed by atoms with E-state index in [9.17, 15) is 35.1 Å². The minimum Gasteiger partial charge on any atom is -0.390 e. The molecule has 1 aromatic carbocycles. The molecule has 1 saturated heterocycles. The molecule has 1 aliphatic heterocycles. The third-order valence-corrected chi connectivity index (χ3v) is 4.05. The van der Waals surface area contributed by atoms with Crippen molar-refractivity contribution in [3.8, 4) is 0 Å². The standard InChI is InChI=1S/C15H16F8N2O.ClH/c16-13(17,8-26)12(25-3-1-24-2-4-25)9-5-10(14(18,19)20)7-11(6-9)15(21,22)23;/h5-7,12,24,26H,1-4,8H2;1H/t12-;/m1./s1. The van der Waals surface area contributed by atoms with Crippen LogP contribution in [0.3, 0.4) is 0 Å². The van der Waals surface area contributed by atoms with Crippen LogP contribution in [-0.2, 0) is 12.4 Å². The molecule has 0 spiro atoms. The van der Waals surface area contributed by atoms with Gasteiger partial charge >= 0.3 is 12.4 Å². The number of nitrogens with zero attached hydrogens (tertiary/aromatic N) is 1. The van der Waals surface area contributed by atoms with Crippen LogP contribution in [0, 0.1) is 0 Å². The first-order chi connectivity index (χ1) is 11.9. The smallest absolute Gasteiger partial charge is 0.390 e. The van der Waals surface area contributed by atoms with Gasteiger partial charge in [-0.3, -0.25) is 4.90 Å². The van der Waals surface area contributed by atoms with Gasteiger partial charge in [0.25, 0.3) is 5.92 Å². The molecule has 0 saturated carbocycles. The van der Waals surface area contributed by atoms with E-state index in [-0.39, 0.29) is 56.8 Å². The minimum atomic E-state index is -5.14. The molecule has 0 aromatic heterocycles. The highest BCUT2D eigenvalue weighted by molar-refractivity contribution is 5.85. The zero-order valence-electron chi connectivity index (χ0n) is 13.7. The summed E-state index contributed by atoms with van der Waals surface area (Å²) in [4.78, 5) is 1.07. The highest BCUT2D eigenvalue weighted by Gasteiger charge is 2.46. The Hall–Kier alpha value is -1.17. The zero-order chi connectivity index (χ0) is 19.8. The third-order valence-electron chi connectivity index (χ3n) is 4.05. The summed E-state index contributed by atoms with van der Waals surface area (Å²) in [5.41, 5.74) is -4.18. The highest BCUT2D eigenvalue weighted by atomic mass is 35.5. The first kappa shape index (κ1) is 23.9. The average molecular weight is 429 g/mol. The number of aliphatic hydroxyl groups is 1. The van der Waals surface area contributed by atoms with Crippen LogP contribution in [0.5, 0.6) is 0 Å². The van der Waals surface area contributed by atoms with E-state index in [0.29, 0.717) is 0 Å². The third kappa shape index (κ3) is 5.66. The van der Waals surface area contributed by atoms with Crippen molar-refractivity contribution in [3.05, 3.63) is 34.9 Å². The number of piperazine rings is 1. The van der Waals surface area contributed by atoms with Gasteiger partial charge in [-0.2, -0.15) is 26.3 Å². The van der Waals surface area contributed by atoms with Gasteiger partial charge in [0.05, 0.1) is 11.1 Å². The molecule has 0 radical (unpaired) electrons. The fourth-order valence-electron chi connectivity index (χ4n) is 2.89. The van der Waals surface area contributed by atoms with Crippen molar-refractivity contribution in [3.63, 3.8) is 0 Å². The number of halogens is 9.